The first-order chi connectivity index (χ1) is 12.8. The second kappa shape index (κ2) is 7.06. The number of nitrogens with zero attached hydrogens (tertiary/aromatic N) is 2. The highest BCUT2D eigenvalue weighted by Gasteiger charge is 2.16. The number of amides is 1. The number of aromatic nitrogens is 4. The molecule has 0 fully saturated rings. The number of H-pyrrole nitrogens is 2. The minimum Gasteiger partial charge on any atom is -0.357 e. The van der Waals surface area contributed by atoms with Crippen LogP contribution in [0.4, 0.5) is 0 Å². The lowest BCUT2D eigenvalue weighted by atomic mass is 10.1. The lowest BCUT2D eigenvalue weighted by molar-refractivity contribution is 0.0946. The Morgan fingerprint density at radius 3 is 2.27 bits per heavy atom. The molecule has 2 aromatic carbocycles. The topological polar surface area (TPSA) is 86.5 Å². The van der Waals surface area contributed by atoms with Crippen molar-refractivity contribution in [2.45, 2.75) is 6.54 Å². The van der Waals surface area contributed by atoms with E-state index in [2.05, 4.69) is 25.7 Å². The van der Waals surface area contributed by atoms with E-state index in [4.69, 9.17) is 0 Å². The van der Waals surface area contributed by atoms with E-state index in [1.54, 1.807) is 12.3 Å². The SMILES string of the molecule is O=C(NCc1ccccc1)c1cc(-c2n[nH]nc2-c2ccccc2)c[nH]1. The van der Waals surface area contributed by atoms with Crippen LogP contribution in [0.15, 0.2) is 72.9 Å². The third kappa shape index (κ3) is 3.25. The van der Waals surface area contributed by atoms with Crippen molar-refractivity contribution in [2.75, 3.05) is 0 Å². The van der Waals surface area contributed by atoms with Crippen molar-refractivity contribution in [3.8, 4) is 22.5 Å². The van der Waals surface area contributed by atoms with Crippen LogP contribution in [-0.4, -0.2) is 26.3 Å². The van der Waals surface area contributed by atoms with E-state index in [0.29, 0.717) is 17.9 Å². The fourth-order valence-corrected chi connectivity index (χ4v) is 2.77. The van der Waals surface area contributed by atoms with E-state index in [1.165, 1.54) is 0 Å². The van der Waals surface area contributed by atoms with Gasteiger partial charge in [-0.1, -0.05) is 60.7 Å². The van der Waals surface area contributed by atoms with Crippen molar-refractivity contribution in [2.24, 2.45) is 0 Å². The predicted octanol–water partition coefficient (Wildman–Crippen LogP) is 3.40. The molecule has 4 rings (SSSR count). The maximum Gasteiger partial charge on any atom is 0.267 e. The maximum absolute atomic E-state index is 12.4. The Balaban J connectivity index is 1.52. The Bertz CT molecular complexity index is 1000. The Labute approximate surface area is 150 Å². The molecule has 0 atom stereocenters. The average molecular weight is 343 g/mol. The molecule has 1 amide bonds. The van der Waals surface area contributed by atoms with Crippen LogP contribution < -0.4 is 5.32 Å². The first-order valence-corrected chi connectivity index (χ1v) is 8.28. The van der Waals surface area contributed by atoms with Gasteiger partial charge in [0.05, 0.1) is 0 Å². The largest absolute Gasteiger partial charge is 0.357 e. The Morgan fingerprint density at radius 2 is 1.54 bits per heavy atom. The van der Waals surface area contributed by atoms with Gasteiger partial charge in [-0.05, 0) is 11.6 Å². The predicted molar refractivity (Wildman–Crippen MR) is 99.2 cm³/mol. The third-order valence-electron chi connectivity index (χ3n) is 4.09. The smallest absolute Gasteiger partial charge is 0.267 e. The molecule has 0 unspecified atom stereocenters. The summed E-state index contributed by atoms with van der Waals surface area (Å²) in [6, 6.07) is 21.4. The number of carbonyl (C=O) groups excluding carboxylic acids is 1. The van der Waals surface area contributed by atoms with Crippen LogP contribution in [0.3, 0.4) is 0 Å². The fourth-order valence-electron chi connectivity index (χ4n) is 2.77. The summed E-state index contributed by atoms with van der Waals surface area (Å²) < 4.78 is 0. The summed E-state index contributed by atoms with van der Waals surface area (Å²) in [6.07, 6.45) is 1.77. The molecule has 0 bridgehead atoms. The van der Waals surface area contributed by atoms with Crippen molar-refractivity contribution < 1.29 is 4.79 Å². The Kier molecular flexibility index (Phi) is 4.30. The zero-order valence-corrected chi connectivity index (χ0v) is 13.9. The van der Waals surface area contributed by atoms with Crippen molar-refractivity contribution in [3.05, 3.63) is 84.2 Å². The number of carbonyl (C=O) groups is 1. The van der Waals surface area contributed by atoms with E-state index in [-0.39, 0.29) is 5.91 Å². The summed E-state index contributed by atoms with van der Waals surface area (Å²) >= 11 is 0. The second-order valence-electron chi connectivity index (χ2n) is 5.86. The van der Waals surface area contributed by atoms with E-state index in [9.17, 15) is 4.79 Å². The molecular weight excluding hydrogens is 326 g/mol. The number of aromatic amines is 2. The minimum atomic E-state index is -0.162. The molecule has 0 aliphatic heterocycles. The molecule has 6 nitrogen and oxygen atoms in total. The number of nitrogens with one attached hydrogen (secondary N) is 3. The number of rotatable bonds is 5. The maximum atomic E-state index is 12.4. The summed E-state index contributed by atoms with van der Waals surface area (Å²) in [5.74, 6) is -0.162. The number of hydrogen-bond acceptors (Lipinski definition) is 3. The van der Waals surface area contributed by atoms with Crippen LogP contribution >= 0.6 is 0 Å². The van der Waals surface area contributed by atoms with Gasteiger partial charge in [0.25, 0.3) is 5.91 Å². The van der Waals surface area contributed by atoms with E-state index in [0.717, 1.165) is 22.4 Å². The van der Waals surface area contributed by atoms with Crippen molar-refractivity contribution in [1.82, 2.24) is 25.7 Å². The van der Waals surface area contributed by atoms with Crippen LogP contribution in [0.2, 0.25) is 0 Å². The van der Waals surface area contributed by atoms with Crippen LogP contribution in [0.5, 0.6) is 0 Å². The number of benzene rings is 2. The lowest BCUT2D eigenvalue weighted by Gasteiger charge is -2.03. The Morgan fingerprint density at radius 1 is 0.885 bits per heavy atom. The van der Waals surface area contributed by atoms with Gasteiger partial charge in [-0.2, -0.15) is 15.4 Å². The van der Waals surface area contributed by atoms with Crippen LogP contribution in [0.1, 0.15) is 16.1 Å². The van der Waals surface area contributed by atoms with E-state index in [1.807, 2.05) is 60.7 Å². The minimum absolute atomic E-state index is 0.162. The van der Waals surface area contributed by atoms with Crippen LogP contribution in [0, 0.1) is 0 Å². The molecule has 0 spiro atoms. The monoisotopic (exact) mass is 343 g/mol. The van der Waals surface area contributed by atoms with Crippen LogP contribution in [0.25, 0.3) is 22.5 Å². The quantitative estimate of drug-likeness (QED) is 0.519. The molecule has 2 heterocycles. The van der Waals surface area contributed by atoms with Gasteiger partial charge in [-0.25, -0.2) is 0 Å². The molecule has 0 aliphatic rings. The van der Waals surface area contributed by atoms with Crippen molar-refractivity contribution in [3.63, 3.8) is 0 Å². The molecule has 3 N–H and O–H groups in total. The van der Waals surface area contributed by atoms with Crippen molar-refractivity contribution in [1.29, 1.82) is 0 Å². The van der Waals surface area contributed by atoms with Gasteiger partial charge in [0.1, 0.15) is 17.1 Å². The van der Waals surface area contributed by atoms with E-state index >= 15 is 0 Å². The molecule has 0 saturated heterocycles. The van der Waals surface area contributed by atoms with Crippen molar-refractivity contribution >= 4 is 5.91 Å². The summed E-state index contributed by atoms with van der Waals surface area (Å²) in [5.41, 5.74) is 4.76. The normalized spacial score (nSPS) is 10.6. The highest BCUT2D eigenvalue weighted by Crippen LogP contribution is 2.28. The van der Waals surface area contributed by atoms with Gasteiger partial charge >= 0.3 is 0 Å². The highest BCUT2D eigenvalue weighted by atomic mass is 16.1. The number of hydrogen-bond donors (Lipinski definition) is 3. The summed E-state index contributed by atoms with van der Waals surface area (Å²) in [6.45, 7) is 0.479. The summed E-state index contributed by atoms with van der Waals surface area (Å²) in [5, 5.41) is 14.1. The standard InChI is InChI=1S/C20H17N5O/c26-20(22-12-14-7-3-1-4-8-14)17-11-16(13-21-17)19-18(23-25-24-19)15-9-5-2-6-10-15/h1-11,13,21H,12H2,(H,22,26)(H,23,24,25). The molecule has 4 aromatic rings. The van der Waals surface area contributed by atoms with E-state index < -0.39 is 0 Å². The van der Waals surface area contributed by atoms with Crippen LogP contribution in [-0.2, 0) is 6.54 Å². The molecule has 6 heteroatoms. The highest BCUT2D eigenvalue weighted by molar-refractivity contribution is 5.94. The molecule has 0 radical (unpaired) electrons. The van der Waals surface area contributed by atoms with Gasteiger partial charge in [0, 0.05) is 23.9 Å². The molecule has 2 aromatic heterocycles. The molecule has 0 aliphatic carbocycles. The van der Waals surface area contributed by atoms with Gasteiger partial charge in [-0.3, -0.25) is 4.79 Å². The average Bonchev–Trinajstić information content (AvgIpc) is 3.37. The second-order valence-corrected chi connectivity index (χ2v) is 5.86. The van der Waals surface area contributed by atoms with Gasteiger partial charge in [0.2, 0.25) is 0 Å². The molecule has 128 valence electrons. The first-order valence-electron chi connectivity index (χ1n) is 8.28. The molecule has 0 saturated carbocycles. The van der Waals surface area contributed by atoms with Gasteiger partial charge in [0.15, 0.2) is 0 Å². The summed E-state index contributed by atoms with van der Waals surface area (Å²) in [4.78, 5) is 15.4. The molecular formula is C20H17N5O. The summed E-state index contributed by atoms with van der Waals surface area (Å²) in [7, 11) is 0. The zero-order valence-electron chi connectivity index (χ0n) is 13.9. The fraction of sp³-hybridized carbons (Fsp3) is 0.0500. The van der Waals surface area contributed by atoms with Gasteiger partial charge in [-0.15, -0.1) is 0 Å². The lowest BCUT2D eigenvalue weighted by Crippen LogP contribution is -2.22. The zero-order chi connectivity index (χ0) is 17.8. The third-order valence-corrected chi connectivity index (χ3v) is 4.09. The molecule has 26 heavy (non-hydrogen) atoms. The Hall–Kier alpha value is -3.67. The first kappa shape index (κ1) is 15.8. The van der Waals surface area contributed by atoms with Gasteiger partial charge < -0.3 is 10.3 Å².